The molecule has 0 saturated carbocycles. The minimum Gasteiger partial charge on any atom is -0.396 e. The molecule has 0 aliphatic carbocycles. The number of pyridine rings is 1. The summed E-state index contributed by atoms with van der Waals surface area (Å²) in [6.07, 6.45) is 5.96. The summed E-state index contributed by atoms with van der Waals surface area (Å²) in [5.41, 5.74) is 0.886. The average molecular weight is 289 g/mol. The van der Waals surface area contributed by atoms with Gasteiger partial charge in [-0.3, -0.25) is 9.88 Å². The maximum absolute atomic E-state index is 8.91. The summed E-state index contributed by atoms with van der Waals surface area (Å²) in [6.45, 7) is 2.12. The SMILES string of the molecule is OCCCC1CCCN1Cc1ncc(Cl)cc1Cl. The molecule has 1 aromatic rings. The van der Waals surface area contributed by atoms with E-state index < -0.39 is 0 Å². The maximum Gasteiger partial charge on any atom is 0.0731 e. The Labute approximate surface area is 118 Å². The van der Waals surface area contributed by atoms with Gasteiger partial charge >= 0.3 is 0 Å². The lowest BCUT2D eigenvalue weighted by Gasteiger charge is -2.24. The highest BCUT2D eigenvalue weighted by molar-refractivity contribution is 6.34. The summed E-state index contributed by atoms with van der Waals surface area (Å²) < 4.78 is 0. The van der Waals surface area contributed by atoms with Gasteiger partial charge in [0.2, 0.25) is 0 Å². The van der Waals surface area contributed by atoms with Crippen molar-refractivity contribution in [2.24, 2.45) is 0 Å². The van der Waals surface area contributed by atoms with Gasteiger partial charge in [0.1, 0.15) is 0 Å². The van der Waals surface area contributed by atoms with Crippen molar-refractivity contribution in [3.05, 3.63) is 28.0 Å². The van der Waals surface area contributed by atoms with Crippen LogP contribution in [0.4, 0.5) is 0 Å². The Morgan fingerprint density at radius 3 is 3.00 bits per heavy atom. The van der Waals surface area contributed by atoms with Crippen molar-refractivity contribution >= 4 is 23.2 Å². The predicted molar refractivity (Wildman–Crippen MR) is 74.0 cm³/mol. The first-order valence-corrected chi connectivity index (χ1v) is 7.11. The number of aliphatic hydroxyl groups excluding tert-OH is 1. The van der Waals surface area contributed by atoms with Crippen LogP contribution in [0.1, 0.15) is 31.4 Å². The van der Waals surface area contributed by atoms with Gasteiger partial charge in [-0.2, -0.15) is 0 Å². The second-order valence-corrected chi connectivity index (χ2v) is 5.56. The lowest BCUT2D eigenvalue weighted by Crippen LogP contribution is -2.29. The molecule has 1 unspecified atom stereocenters. The van der Waals surface area contributed by atoms with Crippen molar-refractivity contribution in [3.8, 4) is 0 Å². The largest absolute Gasteiger partial charge is 0.396 e. The van der Waals surface area contributed by atoms with Crippen molar-refractivity contribution in [2.75, 3.05) is 13.2 Å². The third kappa shape index (κ3) is 3.58. The Bertz CT molecular complexity index is 401. The number of halogens is 2. The topological polar surface area (TPSA) is 36.4 Å². The molecule has 3 nitrogen and oxygen atoms in total. The van der Waals surface area contributed by atoms with Crippen LogP contribution in [0.15, 0.2) is 12.3 Å². The Kier molecular flexibility index (Phi) is 5.25. The zero-order valence-electron chi connectivity index (χ0n) is 10.3. The number of aliphatic hydroxyl groups is 1. The number of hydrogen-bond donors (Lipinski definition) is 1. The number of rotatable bonds is 5. The van der Waals surface area contributed by atoms with Crippen molar-refractivity contribution in [1.82, 2.24) is 9.88 Å². The first kappa shape index (κ1) is 14.1. The maximum atomic E-state index is 8.91. The highest BCUT2D eigenvalue weighted by Crippen LogP contribution is 2.26. The Hall–Kier alpha value is -0.350. The van der Waals surface area contributed by atoms with Crippen LogP contribution in [0.2, 0.25) is 10.0 Å². The van der Waals surface area contributed by atoms with Crippen LogP contribution in [-0.4, -0.2) is 34.2 Å². The minimum absolute atomic E-state index is 0.268. The van der Waals surface area contributed by atoms with Gasteiger partial charge < -0.3 is 5.11 Å². The molecule has 1 aliphatic rings. The molecular formula is C13H18Cl2N2O. The summed E-state index contributed by atoms with van der Waals surface area (Å²) in [5, 5.41) is 10.1. The smallest absolute Gasteiger partial charge is 0.0731 e. The van der Waals surface area contributed by atoms with Gasteiger partial charge in [-0.25, -0.2) is 0 Å². The monoisotopic (exact) mass is 288 g/mol. The summed E-state index contributed by atoms with van der Waals surface area (Å²) in [5.74, 6) is 0. The molecular weight excluding hydrogens is 271 g/mol. The van der Waals surface area contributed by atoms with Gasteiger partial charge in [-0.1, -0.05) is 23.2 Å². The highest BCUT2D eigenvalue weighted by Gasteiger charge is 2.24. The summed E-state index contributed by atoms with van der Waals surface area (Å²) in [6, 6.07) is 2.29. The lowest BCUT2D eigenvalue weighted by molar-refractivity contribution is 0.208. The van der Waals surface area contributed by atoms with Gasteiger partial charge in [0.05, 0.1) is 15.7 Å². The fourth-order valence-electron chi connectivity index (χ4n) is 2.51. The van der Waals surface area contributed by atoms with Crippen LogP contribution in [0, 0.1) is 0 Å². The third-order valence-electron chi connectivity index (χ3n) is 3.43. The van der Waals surface area contributed by atoms with Crippen LogP contribution in [0.25, 0.3) is 0 Å². The molecule has 0 radical (unpaired) electrons. The molecule has 1 aromatic heterocycles. The number of aromatic nitrogens is 1. The number of nitrogens with zero attached hydrogens (tertiary/aromatic N) is 2. The van der Waals surface area contributed by atoms with E-state index in [1.807, 2.05) is 0 Å². The summed E-state index contributed by atoms with van der Waals surface area (Å²) >= 11 is 12.0. The molecule has 2 heterocycles. The minimum atomic E-state index is 0.268. The summed E-state index contributed by atoms with van der Waals surface area (Å²) in [7, 11) is 0. The van der Waals surface area contributed by atoms with Gasteiger partial charge in [0, 0.05) is 25.4 Å². The van der Waals surface area contributed by atoms with E-state index in [1.165, 1.54) is 12.8 Å². The molecule has 1 N–H and O–H groups in total. The van der Waals surface area contributed by atoms with E-state index in [4.69, 9.17) is 28.3 Å². The summed E-state index contributed by atoms with van der Waals surface area (Å²) in [4.78, 5) is 6.70. The van der Waals surface area contributed by atoms with E-state index in [2.05, 4.69) is 9.88 Å². The first-order valence-electron chi connectivity index (χ1n) is 6.35. The Morgan fingerprint density at radius 2 is 2.28 bits per heavy atom. The third-order valence-corrected chi connectivity index (χ3v) is 3.97. The number of hydrogen-bond acceptors (Lipinski definition) is 3. The molecule has 18 heavy (non-hydrogen) atoms. The van der Waals surface area contributed by atoms with Crippen molar-refractivity contribution in [3.63, 3.8) is 0 Å². The lowest BCUT2D eigenvalue weighted by atomic mass is 10.1. The van der Waals surface area contributed by atoms with Crippen LogP contribution in [-0.2, 0) is 6.54 Å². The Morgan fingerprint density at radius 1 is 1.44 bits per heavy atom. The Balaban J connectivity index is 1.99. The molecule has 0 spiro atoms. The van der Waals surface area contributed by atoms with Crippen LogP contribution < -0.4 is 0 Å². The quantitative estimate of drug-likeness (QED) is 0.904. The standard InChI is InChI=1S/C13H18Cl2N2O/c14-10-7-12(15)13(16-8-10)9-17-5-1-3-11(17)4-2-6-18/h7-8,11,18H,1-6,9H2. The zero-order valence-corrected chi connectivity index (χ0v) is 11.8. The zero-order chi connectivity index (χ0) is 13.0. The molecule has 0 amide bonds. The molecule has 1 aliphatic heterocycles. The first-order chi connectivity index (χ1) is 8.70. The van der Waals surface area contributed by atoms with Gasteiger partial charge in [-0.15, -0.1) is 0 Å². The van der Waals surface area contributed by atoms with E-state index in [0.717, 1.165) is 31.6 Å². The molecule has 1 atom stereocenters. The molecule has 1 saturated heterocycles. The van der Waals surface area contributed by atoms with Crippen molar-refractivity contribution in [1.29, 1.82) is 0 Å². The molecule has 0 bridgehead atoms. The van der Waals surface area contributed by atoms with E-state index in [-0.39, 0.29) is 6.61 Å². The van der Waals surface area contributed by atoms with Crippen LogP contribution >= 0.6 is 23.2 Å². The number of likely N-dealkylation sites (tertiary alicyclic amines) is 1. The predicted octanol–water partition coefficient (Wildman–Crippen LogP) is 3.13. The molecule has 5 heteroatoms. The van der Waals surface area contributed by atoms with Crippen LogP contribution in [0.5, 0.6) is 0 Å². The fraction of sp³-hybridized carbons (Fsp3) is 0.615. The van der Waals surface area contributed by atoms with Gasteiger partial charge in [0.15, 0.2) is 0 Å². The van der Waals surface area contributed by atoms with Gasteiger partial charge in [0.25, 0.3) is 0 Å². The van der Waals surface area contributed by atoms with E-state index in [9.17, 15) is 0 Å². The molecule has 0 aromatic carbocycles. The molecule has 1 fully saturated rings. The molecule has 2 rings (SSSR count). The van der Waals surface area contributed by atoms with Crippen molar-refractivity contribution in [2.45, 2.75) is 38.3 Å². The molecule has 100 valence electrons. The van der Waals surface area contributed by atoms with Gasteiger partial charge in [-0.05, 0) is 38.3 Å². The van der Waals surface area contributed by atoms with E-state index in [0.29, 0.717) is 16.1 Å². The highest BCUT2D eigenvalue weighted by atomic mass is 35.5. The van der Waals surface area contributed by atoms with Crippen LogP contribution in [0.3, 0.4) is 0 Å². The average Bonchev–Trinajstić information content (AvgIpc) is 2.77. The second-order valence-electron chi connectivity index (χ2n) is 4.71. The fourth-order valence-corrected chi connectivity index (χ4v) is 2.95. The second kappa shape index (κ2) is 6.71. The van der Waals surface area contributed by atoms with E-state index >= 15 is 0 Å². The van der Waals surface area contributed by atoms with Crippen molar-refractivity contribution < 1.29 is 5.11 Å². The van der Waals surface area contributed by atoms with E-state index in [1.54, 1.807) is 12.3 Å². The normalized spacial score (nSPS) is 20.5.